The topological polar surface area (TPSA) is 26.3 Å². The molecular weight excluding hydrogens is 236 g/mol. The van der Waals surface area contributed by atoms with Crippen molar-refractivity contribution >= 4 is 17.1 Å². The smallest absolute Gasteiger partial charge is 0.150 e. The van der Waals surface area contributed by atoms with Crippen LogP contribution in [0.5, 0.6) is 5.75 Å². The molecule has 0 N–H and O–H groups in total. The Labute approximate surface area is 114 Å². The van der Waals surface area contributed by atoms with E-state index in [1.165, 1.54) is 19.3 Å². The Kier molecular flexibility index (Phi) is 4.96. The largest absolute Gasteiger partial charge is 0.493 e. The standard InChI is InChI=1S/C17H20O2/c1-2-3-4-5-11-19-17-8-6-7-15-10-9-14(13-18)12-16(15)17/h6-10,12-13H,2-5,11H2,1H3. The van der Waals surface area contributed by atoms with Crippen LogP contribution in [0.25, 0.3) is 10.8 Å². The van der Waals surface area contributed by atoms with Crippen molar-refractivity contribution < 1.29 is 9.53 Å². The van der Waals surface area contributed by atoms with Gasteiger partial charge in [-0.1, -0.05) is 50.5 Å². The summed E-state index contributed by atoms with van der Waals surface area (Å²) < 4.78 is 5.85. The van der Waals surface area contributed by atoms with E-state index in [9.17, 15) is 4.79 Å². The normalized spacial score (nSPS) is 10.6. The predicted molar refractivity (Wildman–Crippen MR) is 79.0 cm³/mol. The van der Waals surface area contributed by atoms with Crippen LogP contribution in [0.3, 0.4) is 0 Å². The molecule has 0 saturated heterocycles. The molecule has 19 heavy (non-hydrogen) atoms. The number of benzene rings is 2. The van der Waals surface area contributed by atoms with Crippen molar-refractivity contribution in [3.8, 4) is 5.75 Å². The Hall–Kier alpha value is -1.83. The van der Waals surface area contributed by atoms with Gasteiger partial charge in [-0.05, 0) is 23.9 Å². The fourth-order valence-electron chi connectivity index (χ4n) is 2.17. The van der Waals surface area contributed by atoms with Gasteiger partial charge in [-0.2, -0.15) is 0 Å². The van der Waals surface area contributed by atoms with Gasteiger partial charge in [0.1, 0.15) is 12.0 Å². The minimum absolute atomic E-state index is 0.689. The molecule has 100 valence electrons. The fraction of sp³-hybridized carbons (Fsp3) is 0.353. The zero-order valence-corrected chi connectivity index (χ0v) is 11.4. The summed E-state index contributed by atoms with van der Waals surface area (Å²) in [6.45, 7) is 2.94. The molecule has 0 unspecified atom stereocenters. The van der Waals surface area contributed by atoms with Crippen molar-refractivity contribution in [3.63, 3.8) is 0 Å². The SMILES string of the molecule is CCCCCCOc1cccc2ccc(C=O)cc12. The van der Waals surface area contributed by atoms with Crippen LogP contribution in [0.1, 0.15) is 43.0 Å². The van der Waals surface area contributed by atoms with Crippen LogP contribution in [-0.4, -0.2) is 12.9 Å². The summed E-state index contributed by atoms with van der Waals surface area (Å²) in [6.07, 6.45) is 5.65. The number of hydrogen-bond acceptors (Lipinski definition) is 2. The first kappa shape index (κ1) is 13.6. The molecule has 0 spiro atoms. The van der Waals surface area contributed by atoms with Gasteiger partial charge < -0.3 is 4.74 Å². The third-order valence-electron chi connectivity index (χ3n) is 3.26. The van der Waals surface area contributed by atoms with Gasteiger partial charge in [0.05, 0.1) is 6.61 Å². The van der Waals surface area contributed by atoms with E-state index in [0.29, 0.717) is 5.56 Å². The summed E-state index contributed by atoms with van der Waals surface area (Å²) in [6, 6.07) is 11.7. The van der Waals surface area contributed by atoms with Crippen molar-refractivity contribution in [2.24, 2.45) is 0 Å². The third-order valence-corrected chi connectivity index (χ3v) is 3.26. The minimum atomic E-state index is 0.689. The molecule has 0 aliphatic heterocycles. The van der Waals surface area contributed by atoms with Crippen LogP contribution in [0.15, 0.2) is 36.4 Å². The fourth-order valence-corrected chi connectivity index (χ4v) is 2.17. The Morgan fingerprint density at radius 3 is 2.79 bits per heavy atom. The second-order valence-corrected chi connectivity index (χ2v) is 4.76. The second-order valence-electron chi connectivity index (χ2n) is 4.76. The Morgan fingerprint density at radius 1 is 1.11 bits per heavy atom. The molecule has 2 nitrogen and oxygen atoms in total. The average molecular weight is 256 g/mol. The molecule has 0 amide bonds. The molecule has 0 fully saturated rings. The molecule has 0 bridgehead atoms. The van der Waals surface area contributed by atoms with Crippen molar-refractivity contribution in [2.75, 3.05) is 6.61 Å². The van der Waals surface area contributed by atoms with Gasteiger partial charge >= 0.3 is 0 Å². The zero-order valence-electron chi connectivity index (χ0n) is 11.4. The number of unbranched alkanes of at least 4 members (excludes halogenated alkanes) is 3. The van der Waals surface area contributed by atoms with Crippen LogP contribution in [0, 0.1) is 0 Å². The quantitative estimate of drug-likeness (QED) is 0.534. The molecule has 0 aliphatic rings. The van der Waals surface area contributed by atoms with Crippen molar-refractivity contribution in [3.05, 3.63) is 42.0 Å². The summed E-state index contributed by atoms with van der Waals surface area (Å²) in [5.74, 6) is 0.873. The van der Waals surface area contributed by atoms with Crippen LogP contribution < -0.4 is 4.74 Å². The summed E-state index contributed by atoms with van der Waals surface area (Å²) >= 11 is 0. The lowest BCUT2D eigenvalue weighted by molar-refractivity contribution is 0.112. The summed E-state index contributed by atoms with van der Waals surface area (Å²) in [7, 11) is 0. The molecule has 2 aromatic rings. The van der Waals surface area contributed by atoms with Crippen LogP contribution in [-0.2, 0) is 0 Å². The van der Waals surface area contributed by atoms with Gasteiger partial charge in [-0.25, -0.2) is 0 Å². The molecular formula is C17H20O2. The van der Waals surface area contributed by atoms with Gasteiger partial charge in [0.15, 0.2) is 0 Å². The minimum Gasteiger partial charge on any atom is -0.493 e. The lowest BCUT2D eigenvalue weighted by atomic mass is 10.1. The van der Waals surface area contributed by atoms with E-state index in [1.807, 2.05) is 36.4 Å². The molecule has 2 aromatic carbocycles. The van der Waals surface area contributed by atoms with E-state index >= 15 is 0 Å². The van der Waals surface area contributed by atoms with E-state index in [2.05, 4.69) is 6.92 Å². The lowest BCUT2D eigenvalue weighted by Gasteiger charge is -2.09. The van der Waals surface area contributed by atoms with Gasteiger partial charge in [-0.3, -0.25) is 4.79 Å². The van der Waals surface area contributed by atoms with Crippen LogP contribution >= 0.6 is 0 Å². The Bertz CT molecular complexity index is 546. The molecule has 2 rings (SSSR count). The summed E-state index contributed by atoms with van der Waals surface area (Å²) in [5, 5.41) is 2.12. The third kappa shape index (κ3) is 3.57. The molecule has 0 aliphatic carbocycles. The first-order valence-electron chi connectivity index (χ1n) is 6.96. The molecule has 2 heteroatoms. The molecule has 0 heterocycles. The molecule has 0 radical (unpaired) electrons. The number of fused-ring (bicyclic) bond motifs is 1. The Morgan fingerprint density at radius 2 is 2.00 bits per heavy atom. The van der Waals surface area contributed by atoms with Crippen molar-refractivity contribution in [2.45, 2.75) is 32.6 Å². The van der Waals surface area contributed by atoms with Gasteiger partial charge in [0.25, 0.3) is 0 Å². The van der Waals surface area contributed by atoms with E-state index in [-0.39, 0.29) is 0 Å². The highest BCUT2D eigenvalue weighted by atomic mass is 16.5. The van der Waals surface area contributed by atoms with E-state index in [1.54, 1.807) is 0 Å². The van der Waals surface area contributed by atoms with E-state index in [4.69, 9.17) is 4.74 Å². The maximum absolute atomic E-state index is 10.9. The molecule has 0 aromatic heterocycles. The van der Waals surface area contributed by atoms with E-state index < -0.39 is 0 Å². The highest BCUT2D eigenvalue weighted by Gasteiger charge is 2.03. The number of carbonyl (C=O) groups is 1. The Balaban J connectivity index is 2.11. The summed E-state index contributed by atoms with van der Waals surface area (Å²) in [5.41, 5.74) is 0.689. The summed E-state index contributed by atoms with van der Waals surface area (Å²) in [4.78, 5) is 10.9. The van der Waals surface area contributed by atoms with Gasteiger partial charge in [0, 0.05) is 10.9 Å². The lowest BCUT2D eigenvalue weighted by Crippen LogP contribution is -1.98. The highest BCUT2D eigenvalue weighted by Crippen LogP contribution is 2.26. The molecule has 0 atom stereocenters. The van der Waals surface area contributed by atoms with E-state index in [0.717, 1.165) is 35.8 Å². The first-order chi connectivity index (χ1) is 9.35. The molecule has 0 saturated carbocycles. The van der Waals surface area contributed by atoms with Crippen LogP contribution in [0.4, 0.5) is 0 Å². The number of ether oxygens (including phenoxy) is 1. The zero-order chi connectivity index (χ0) is 13.5. The van der Waals surface area contributed by atoms with Crippen LogP contribution in [0.2, 0.25) is 0 Å². The average Bonchev–Trinajstić information content (AvgIpc) is 2.46. The maximum Gasteiger partial charge on any atom is 0.150 e. The maximum atomic E-state index is 10.9. The van der Waals surface area contributed by atoms with Crippen molar-refractivity contribution in [1.82, 2.24) is 0 Å². The van der Waals surface area contributed by atoms with Gasteiger partial charge in [0.2, 0.25) is 0 Å². The van der Waals surface area contributed by atoms with Gasteiger partial charge in [-0.15, -0.1) is 0 Å². The monoisotopic (exact) mass is 256 g/mol. The number of aldehydes is 1. The number of hydrogen-bond donors (Lipinski definition) is 0. The second kappa shape index (κ2) is 6.93. The predicted octanol–water partition coefficient (Wildman–Crippen LogP) is 4.61. The number of carbonyl (C=O) groups excluding carboxylic acids is 1. The van der Waals surface area contributed by atoms with Crippen molar-refractivity contribution in [1.29, 1.82) is 0 Å². The first-order valence-corrected chi connectivity index (χ1v) is 6.96. The number of rotatable bonds is 7. The highest BCUT2D eigenvalue weighted by molar-refractivity contribution is 5.92.